The molecule has 0 heterocycles. The fraction of sp³-hybridized carbons (Fsp3) is 0.208. The quantitative estimate of drug-likeness (QED) is 0.412. The summed E-state index contributed by atoms with van der Waals surface area (Å²) in [6, 6.07) is 22.9. The molecule has 32 heavy (non-hydrogen) atoms. The molecule has 168 valence electrons. The molecule has 0 unspecified atom stereocenters. The summed E-state index contributed by atoms with van der Waals surface area (Å²) in [5.74, 6) is 1.17. The van der Waals surface area contributed by atoms with E-state index in [1.165, 1.54) is 12.1 Å². The Balaban J connectivity index is 1.61. The van der Waals surface area contributed by atoms with Crippen molar-refractivity contribution in [1.82, 2.24) is 5.32 Å². The number of nitrogens with one attached hydrogen (secondary N) is 1. The highest BCUT2D eigenvalue weighted by atomic mass is 35.5. The number of hydrogen-bond acceptors (Lipinski definition) is 4. The molecule has 0 atom stereocenters. The standard InChI is InChI=1S/C24H25ClN2O3S2/c1-19-7-13-22(14-8-19)27(32(29,30)23-5-3-2-4-6-23)17-24(28)26-15-16-31-18-20-9-11-21(25)12-10-20/h2-14H,15-18H2,1H3,(H,26,28). The van der Waals surface area contributed by atoms with Crippen molar-refractivity contribution in [3.63, 3.8) is 0 Å². The minimum absolute atomic E-state index is 0.145. The first-order valence-corrected chi connectivity index (χ1v) is 13.1. The van der Waals surface area contributed by atoms with Crippen LogP contribution in [-0.4, -0.2) is 33.2 Å². The number of sulfonamides is 1. The minimum Gasteiger partial charge on any atom is -0.354 e. The Morgan fingerprint density at radius 1 is 0.969 bits per heavy atom. The fourth-order valence-electron chi connectivity index (χ4n) is 2.97. The average molecular weight is 489 g/mol. The summed E-state index contributed by atoms with van der Waals surface area (Å²) in [5, 5.41) is 3.53. The largest absolute Gasteiger partial charge is 0.354 e. The lowest BCUT2D eigenvalue weighted by atomic mass is 10.2. The molecule has 3 aromatic rings. The maximum Gasteiger partial charge on any atom is 0.264 e. The number of anilines is 1. The van der Waals surface area contributed by atoms with Crippen molar-refractivity contribution in [3.8, 4) is 0 Å². The Kier molecular flexibility index (Phi) is 8.61. The molecule has 5 nitrogen and oxygen atoms in total. The van der Waals surface area contributed by atoms with Crippen LogP contribution >= 0.6 is 23.4 Å². The first-order valence-electron chi connectivity index (χ1n) is 10.1. The Morgan fingerprint density at radius 2 is 1.62 bits per heavy atom. The van der Waals surface area contributed by atoms with Gasteiger partial charge in [0.05, 0.1) is 10.6 Å². The van der Waals surface area contributed by atoms with Gasteiger partial charge >= 0.3 is 0 Å². The van der Waals surface area contributed by atoms with Gasteiger partial charge < -0.3 is 5.32 Å². The van der Waals surface area contributed by atoms with Gasteiger partial charge in [-0.3, -0.25) is 9.10 Å². The molecule has 0 fully saturated rings. The third-order valence-corrected chi connectivity index (χ3v) is 7.76. The number of amides is 1. The van der Waals surface area contributed by atoms with E-state index >= 15 is 0 Å². The topological polar surface area (TPSA) is 66.5 Å². The number of nitrogens with zero attached hydrogens (tertiary/aromatic N) is 1. The van der Waals surface area contributed by atoms with Crippen LogP contribution in [0.3, 0.4) is 0 Å². The van der Waals surface area contributed by atoms with E-state index in [-0.39, 0.29) is 17.3 Å². The third kappa shape index (κ3) is 6.76. The number of carbonyl (C=O) groups is 1. The van der Waals surface area contributed by atoms with E-state index < -0.39 is 10.0 Å². The Bertz CT molecular complexity index is 1120. The first kappa shape index (κ1) is 24.2. The highest BCUT2D eigenvalue weighted by Crippen LogP contribution is 2.24. The van der Waals surface area contributed by atoms with E-state index in [0.29, 0.717) is 23.0 Å². The van der Waals surface area contributed by atoms with Crippen LogP contribution < -0.4 is 9.62 Å². The van der Waals surface area contributed by atoms with Crippen LogP contribution in [-0.2, 0) is 20.6 Å². The van der Waals surface area contributed by atoms with Crippen molar-refractivity contribution in [2.75, 3.05) is 23.1 Å². The van der Waals surface area contributed by atoms with E-state index in [0.717, 1.165) is 21.2 Å². The molecule has 0 radical (unpaired) electrons. The van der Waals surface area contributed by atoms with Crippen molar-refractivity contribution >= 4 is 45.0 Å². The highest BCUT2D eigenvalue weighted by molar-refractivity contribution is 7.98. The van der Waals surface area contributed by atoms with Gasteiger partial charge in [0.25, 0.3) is 10.0 Å². The second-order valence-corrected chi connectivity index (χ2v) is 10.6. The first-order chi connectivity index (χ1) is 15.4. The van der Waals surface area contributed by atoms with E-state index in [1.807, 2.05) is 43.3 Å². The Hall–Kier alpha value is -2.48. The van der Waals surface area contributed by atoms with Gasteiger partial charge in [-0.15, -0.1) is 0 Å². The maximum atomic E-state index is 13.2. The van der Waals surface area contributed by atoms with Gasteiger partial charge in [-0.1, -0.05) is 59.6 Å². The van der Waals surface area contributed by atoms with Gasteiger partial charge in [0, 0.05) is 23.1 Å². The molecule has 0 aliphatic heterocycles. The van der Waals surface area contributed by atoms with Crippen molar-refractivity contribution < 1.29 is 13.2 Å². The second kappa shape index (κ2) is 11.4. The third-order valence-electron chi connectivity index (χ3n) is 4.69. The molecule has 0 saturated carbocycles. The van der Waals surface area contributed by atoms with Crippen LogP contribution in [0.15, 0.2) is 83.8 Å². The summed E-state index contributed by atoms with van der Waals surface area (Å²) in [7, 11) is -3.88. The van der Waals surface area contributed by atoms with E-state index in [9.17, 15) is 13.2 Å². The average Bonchev–Trinajstić information content (AvgIpc) is 2.80. The molecule has 0 spiro atoms. The number of aryl methyl sites for hydroxylation is 1. The lowest BCUT2D eigenvalue weighted by molar-refractivity contribution is -0.119. The zero-order valence-electron chi connectivity index (χ0n) is 17.7. The predicted molar refractivity (Wildman–Crippen MR) is 133 cm³/mol. The normalized spacial score (nSPS) is 11.2. The molecule has 8 heteroatoms. The molecule has 0 bridgehead atoms. The SMILES string of the molecule is Cc1ccc(N(CC(=O)NCCSCc2ccc(Cl)cc2)S(=O)(=O)c2ccccc2)cc1. The number of carbonyl (C=O) groups excluding carboxylic acids is 1. The molecule has 3 aromatic carbocycles. The van der Waals surface area contributed by atoms with Crippen molar-refractivity contribution in [3.05, 3.63) is 95.0 Å². The maximum absolute atomic E-state index is 13.2. The summed E-state index contributed by atoms with van der Waals surface area (Å²) in [6.07, 6.45) is 0. The molecular formula is C24H25ClN2O3S2. The van der Waals surface area contributed by atoms with Gasteiger partial charge in [0.2, 0.25) is 5.91 Å². The van der Waals surface area contributed by atoms with Crippen LogP contribution in [0.1, 0.15) is 11.1 Å². The Labute approximate surface area is 198 Å². The summed E-state index contributed by atoms with van der Waals surface area (Å²) < 4.78 is 27.6. The summed E-state index contributed by atoms with van der Waals surface area (Å²) in [6.45, 7) is 2.08. The van der Waals surface area contributed by atoms with Crippen LogP contribution in [0.5, 0.6) is 0 Å². The zero-order valence-corrected chi connectivity index (χ0v) is 20.1. The zero-order chi connectivity index (χ0) is 23.0. The number of rotatable bonds is 10. The Morgan fingerprint density at radius 3 is 2.28 bits per heavy atom. The van der Waals surface area contributed by atoms with Crippen molar-refractivity contribution in [1.29, 1.82) is 0 Å². The molecule has 1 N–H and O–H groups in total. The molecular weight excluding hydrogens is 464 g/mol. The van der Waals surface area contributed by atoms with Gasteiger partial charge in [-0.05, 0) is 48.9 Å². The van der Waals surface area contributed by atoms with Crippen molar-refractivity contribution in [2.24, 2.45) is 0 Å². The minimum atomic E-state index is -3.88. The number of benzene rings is 3. The van der Waals surface area contributed by atoms with Gasteiger partial charge in [0.15, 0.2) is 0 Å². The number of halogens is 1. The van der Waals surface area contributed by atoms with Crippen LogP contribution in [0.25, 0.3) is 0 Å². The lowest BCUT2D eigenvalue weighted by Gasteiger charge is -2.24. The van der Waals surface area contributed by atoms with Gasteiger partial charge in [0.1, 0.15) is 6.54 Å². The molecule has 3 rings (SSSR count). The molecule has 0 aliphatic rings. The molecule has 0 aliphatic carbocycles. The lowest BCUT2D eigenvalue weighted by Crippen LogP contribution is -2.41. The van der Waals surface area contributed by atoms with E-state index in [4.69, 9.17) is 11.6 Å². The van der Waals surface area contributed by atoms with Gasteiger partial charge in [-0.25, -0.2) is 8.42 Å². The summed E-state index contributed by atoms with van der Waals surface area (Å²) in [5.41, 5.74) is 2.62. The van der Waals surface area contributed by atoms with Crippen LogP contribution in [0, 0.1) is 6.92 Å². The predicted octanol–water partition coefficient (Wildman–Crippen LogP) is 4.89. The van der Waals surface area contributed by atoms with Crippen LogP contribution in [0.4, 0.5) is 5.69 Å². The number of hydrogen-bond donors (Lipinski definition) is 1. The van der Waals surface area contributed by atoms with E-state index in [1.54, 1.807) is 42.1 Å². The van der Waals surface area contributed by atoms with Crippen LogP contribution in [0.2, 0.25) is 5.02 Å². The second-order valence-electron chi connectivity index (χ2n) is 7.19. The highest BCUT2D eigenvalue weighted by Gasteiger charge is 2.26. The van der Waals surface area contributed by atoms with Crippen molar-refractivity contribution in [2.45, 2.75) is 17.6 Å². The monoisotopic (exact) mass is 488 g/mol. The van der Waals surface area contributed by atoms with E-state index in [2.05, 4.69) is 5.32 Å². The van der Waals surface area contributed by atoms with Gasteiger partial charge in [-0.2, -0.15) is 11.8 Å². The fourth-order valence-corrected chi connectivity index (χ4v) is 5.35. The summed E-state index contributed by atoms with van der Waals surface area (Å²) in [4.78, 5) is 12.7. The number of thioether (sulfide) groups is 1. The summed E-state index contributed by atoms with van der Waals surface area (Å²) >= 11 is 7.58. The molecule has 0 aromatic heterocycles. The molecule has 0 saturated heterocycles. The smallest absolute Gasteiger partial charge is 0.264 e. The molecule has 1 amide bonds.